The fourth-order valence-electron chi connectivity index (χ4n) is 4.25. The molecule has 0 radical (unpaired) electrons. The van der Waals surface area contributed by atoms with Gasteiger partial charge in [0.05, 0.1) is 12.0 Å². The van der Waals surface area contributed by atoms with E-state index in [4.69, 9.17) is 4.74 Å². The van der Waals surface area contributed by atoms with Crippen molar-refractivity contribution in [2.45, 2.75) is 63.3 Å². The normalized spacial score (nSPS) is 26.9. The summed E-state index contributed by atoms with van der Waals surface area (Å²) >= 11 is 0. The minimum Gasteiger partial charge on any atom is -0.496 e. The Labute approximate surface area is 139 Å². The zero-order chi connectivity index (χ0) is 16.8. The summed E-state index contributed by atoms with van der Waals surface area (Å²) in [7, 11) is -1.86. The smallest absolute Gasteiger partial charge is 0.241 e. The molecule has 0 aromatic heterocycles. The molecule has 0 amide bonds. The first-order valence-electron chi connectivity index (χ1n) is 8.52. The fourth-order valence-corrected chi connectivity index (χ4v) is 5.83. The lowest BCUT2D eigenvalue weighted by Gasteiger charge is -2.24. The molecule has 2 bridgehead atoms. The average Bonchev–Trinajstić information content (AvgIpc) is 3.08. The number of methoxy groups -OCH3 is 1. The molecule has 4 nitrogen and oxygen atoms in total. The number of nitrogens with one attached hydrogen (secondary N) is 1. The van der Waals surface area contributed by atoms with Crippen LogP contribution in [0.15, 0.2) is 17.0 Å². The van der Waals surface area contributed by atoms with Crippen LogP contribution in [0.2, 0.25) is 0 Å². The largest absolute Gasteiger partial charge is 0.496 e. The zero-order valence-electron chi connectivity index (χ0n) is 14.4. The highest BCUT2D eigenvalue weighted by atomic mass is 32.2. The highest BCUT2D eigenvalue weighted by Crippen LogP contribution is 2.45. The second-order valence-corrected chi connectivity index (χ2v) is 9.10. The molecule has 1 aromatic carbocycles. The topological polar surface area (TPSA) is 55.4 Å². The van der Waals surface area contributed by atoms with Crippen LogP contribution in [0.3, 0.4) is 0 Å². The molecular weight excluding hydrogens is 310 g/mol. The number of benzene rings is 1. The molecule has 0 saturated heterocycles. The Morgan fingerprint density at radius 1 is 1.22 bits per heavy atom. The first-order valence-corrected chi connectivity index (χ1v) is 10.0. The maximum absolute atomic E-state index is 12.9. The van der Waals surface area contributed by atoms with Gasteiger partial charge in [0.15, 0.2) is 0 Å². The SMILES string of the molecule is COc1cc(C)c(S(=O)(=O)N[C@@H]2C[C@H]3CC[C@H]2C3)cc1C(C)C. The lowest BCUT2D eigenvalue weighted by Crippen LogP contribution is -2.38. The minimum atomic E-state index is -3.48. The van der Waals surface area contributed by atoms with Crippen molar-refractivity contribution < 1.29 is 13.2 Å². The van der Waals surface area contributed by atoms with E-state index in [0.29, 0.717) is 10.8 Å². The van der Waals surface area contributed by atoms with Crippen molar-refractivity contribution in [3.63, 3.8) is 0 Å². The molecule has 2 saturated carbocycles. The highest BCUT2D eigenvalue weighted by molar-refractivity contribution is 7.89. The van der Waals surface area contributed by atoms with Gasteiger partial charge in [0.25, 0.3) is 0 Å². The van der Waals surface area contributed by atoms with Crippen LogP contribution in [0.5, 0.6) is 5.75 Å². The number of rotatable bonds is 5. The van der Waals surface area contributed by atoms with E-state index in [1.165, 1.54) is 12.8 Å². The van der Waals surface area contributed by atoms with E-state index >= 15 is 0 Å². The summed E-state index contributed by atoms with van der Waals surface area (Å²) in [5, 5.41) is 0. The van der Waals surface area contributed by atoms with Crippen LogP contribution < -0.4 is 9.46 Å². The third-order valence-electron chi connectivity index (χ3n) is 5.48. The van der Waals surface area contributed by atoms with E-state index in [1.54, 1.807) is 13.2 Å². The first-order chi connectivity index (χ1) is 10.8. The van der Waals surface area contributed by atoms with Crippen LogP contribution >= 0.6 is 0 Å². The van der Waals surface area contributed by atoms with Gasteiger partial charge in [-0.25, -0.2) is 13.1 Å². The molecule has 1 aromatic rings. The van der Waals surface area contributed by atoms with Crippen LogP contribution in [0, 0.1) is 18.8 Å². The molecule has 3 rings (SSSR count). The van der Waals surface area contributed by atoms with Crippen molar-refractivity contribution >= 4 is 10.0 Å². The molecule has 0 unspecified atom stereocenters. The molecule has 0 heterocycles. The Morgan fingerprint density at radius 2 is 1.96 bits per heavy atom. The number of fused-ring (bicyclic) bond motifs is 2. The Balaban J connectivity index is 1.91. The first kappa shape index (κ1) is 16.8. The fraction of sp³-hybridized carbons (Fsp3) is 0.667. The third-order valence-corrected chi connectivity index (χ3v) is 7.12. The molecule has 2 aliphatic carbocycles. The molecular formula is C18H27NO3S. The van der Waals surface area contributed by atoms with Crippen molar-refractivity contribution in [2.75, 3.05) is 7.11 Å². The van der Waals surface area contributed by atoms with Gasteiger partial charge in [-0.15, -0.1) is 0 Å². The molecule has 0 aliphatic heterocycles. The van der Waals surface area contributed by atoms with Gasteiger partial charge in [-0.2, -0.15) is 0 Å². The van der Waals surface area contributed by atoms with Gasteiger partial charge in [0.2, 0.25) is 10.0 Å². The number of hydrogen-bond acceptors (Lipinski definition) is 3. The lowest BCUT2D eigenvalue weighted by atomic mass is 9.96. The summed E-state index contributed by atoms with van der Waals surface area (Å²) in [6, 6.07) is 3.74. The molecule has 2 aliphatic rings. The third kappa shape index (κ3) is 3.13. The minimum absolute atomic E-state index is 0.114. The Hall–Kier alpha value is -1.07. The van der Waals surface area contributed by atoms with Gasteiger partial charge in [-0.05, 0) is 67.2 Å². The van der Waals surface area contributed by atoms with E-state index in [1.807, 2.05) is 26.8 Å². The molecule has 1 N–H and O–H groups in total. The quantitative estimate of drug-likeness (QED) is 0.893. The highest BCUT2D eigenvalue weighted by Gasteiger charge is 2.41. The van der Waals surface area contributed by atoms with Gasteiger partial charge in [0.1, 0.15) is 5.75 Å². The standard InChI is InChI=1S/C18H27NO3S/c1-11(2)15-10-18(12(3)7-17(15)22-4)23(20,21)19-16-9-13-5-6-14(16)8-13/h7,10-11,13-14,16,19H,5-6,8-9H2,1-4H3/t13-,14-,16+/m0/s1. The van der Waals surface area contributed by atoms with Crippen molar-refractivity contribution in [3.8, 4) is 5.75 Å². The molecule has 0 spiro atoms. The van der Waals surface area contributed by atoms with Gasteiger partial charge >= 0.3 is 0 Å². The summed E-state index contributed by atoms with van der Waals surface area (Å²) in [4.78, 5) is 0.393. The Kier molecular flexibility index (Phi) is 4.45. The van der Waals surface area contributed by atoms with Crippen LogP contribution in [-0.4, -0.2) is 21.6 Å². The van der Waals surface area contributed by atoms with E-state index in [9.17, 15) is 8.42 Å². The van der Waals surface area contributed by atoms with E-state index < -0.39 is 10.0 Å². The van der Waals surface area contributed by atoms with E-state index in [0.717, 1.165) is 35.6 Å². The maximum atomic E-state index is 12.9. The Morgan fingerprint density at radius 3 is 2.48 bits per heavy atom. The molecule has 23 heavy (non-hydrogen) atoms. The second-order valence-electron chi connectivity index (χ2n) is 7.42. The lowest BCUT2D eigenvalue weighted by molar-refractivity contribution is 0.390. The van der Waals surface area contributed by atoms with Crippen molar-refractivity contribution in [2.24, 2.45) is 11.8 Å². The van der Waals surface area contributed by atoms with E-state index in [-0.39, 0.29) is 12.0 Å². The van der Waals surface area contributed by atoms with Crippen LogP contribution in [-0.2, 0) is 10.0 Å². The molecule has 5 heteroatoms. The number of sulfonamides is 1. The monoisotopic (exact) mass is 337 g/mol. The summed E-state index contributed by atoms with van der Waals surface area (Å²) in [5.41, 5.74) is 1.67. The molecule has 3 atom stereocenters. The summed E-state index contributed by atoms with van der Waals surface area (Å²) in [5.74, 6) is 2.21. The van der Waals surface area contributed by atoms with Crippen molar-refractivity contribution in [1.82, 2.24) is 4.72 Å². The van der Waals surface area contributed by atoms with Gasteiger partial charge in [-0.1, -0.05) is 20.3 Å². The zero-order valence-corrected chi connectivity index (χ0v) is 15.2. The maximum Gasteiger partial charge on any atom is 0.241 e. The molecule has 128 valence electrons. The van der Waals surface area contributed by atoms with Gasteiger partial charge in [-0.3, -0.25) is 0 Å². The number of hydrogen-bond donors (Lipinski definition) is 1. The van der Waals surface area contributed by atoms with E-state index in [2.05, 4.69) is 4.72 Å². The predicted octanol–water partition coefficient (Wildman–Crippen LogP) is 3.59. The van der Waals surface area contributed by atoms with Gasteiger partial charge < -0.3 is 4.74 Å². The van der Waals surface area contributed by atoms with Crippen LogP contribution in [0.1, 0.15) is 56.6 Å². The van der Waals surface area contributed by atoms with Crippen molar-refractivity contribution in [1.29, 1.82) is 0 Å². The number of ether oxygens (including phenoxy) is 1. The predicted molar refractivity (Wildman–Crippen MR) is 91.4 cm³/mol. The summed E-state index contributed by atoms with van der Waals surface area (Å²) in [6.07, 6.45) is 4.61. The average molecular weight is 337 g/mol. The van der Waals surface area contributed by atoms with Crippen LogP contribution in [0.4, 0.5) is 0 Å². The van der Waals surface area contributed by atoms with Crippen molar-refractivity contribution in [3.05, 3.63) is 23.3 Å². The summed E-state index contributed by atoms with van der Waals surface area (Å²) in [6.45, 7) is 5.93. The summed E-state index contributed by atoms with van der Waals surface area (Å²) < 4.78 is 34.2. The number of aryl methyl sites for hydroxylation is 1. The second kappa shape index (κ2) is 6.10. The van der Waals surface area contributed by atoms with Gasteiger partial charge in [0, 0.05) is 6.04 Å². The molecule has 2 fully saturated rings. The van der Waals surface area contributed by atoms with Crippen LogP contribution in [0.25, 0.3) is 0 Å². The Bertz CT molecular complexity index is 696.